The third-order valence-electron chi connectivity index (χ3n) is 4.03. The van der Waals surface area contributed by atoms with E-state index in [9.17, 15) is 14.0 Å². The highest BCUT2D eigenvalue weighted by Crippen LogP contribution is 2.19. The number of benzene rings is 2. The lowest BCUT2D eigenvalue weighted by Crippen LogP contribution is -2.25. The molecule has 2 aromatic carbocycles. The predicted octanol–water partition coefficient (Wildman–Crippen LogP) is 3.54. The summed E-state index contributed by atoms with van der Waals surface area (Å²) in [7, 11) is 1.37. The Kier molecular flexibility index (Phi) is 6.06. The molecule has 3 rings (SSSR count). The van der Waals surface area contributed by atoms with E-state index in [0.717, 1.165) is 0 Å². The zero-order chi connectivity index (χ0) is 19.9. The van der Waals surface area contributed by atoms with Gasteiger partial charge in [0.25, 0.3) is 5.91 Å². The smallest absolute Gasteiger partial charge is 0.253 e. The van der Waals surface area contributed by atoms with E-state index in [1.165, 1.54) is 25.5 Å². The second-order valence-corrected chi connectivity index (χ2v) is 6.00. The fourth-order valence-electron chi connectivity index (χ4n) is 2.67. The first-order valence-corrected chi connectivity index (χ1v) is 8.58. The van der Waals surface area contributed by atoms with E-state index < -0.39 is 5.82 Å². The highest BCUT2D eigenvalue weighted by molar-refractivity contribution is 6.04. The Labute approximate surface area is 161 Å². The van der Waals surface area contributed by atoms with Gasteiger partial charge in [0, 0.05) is 0 Å². The molecule has 0 fully saturated rings. The van der Waals surface area contributed by atoms with Crippen molar-refractivity contribution in [3.05, 3.63) is 83.6 Å². The SMILES string of the molecule is COc1ccc(CC(=O)Nc2ccccc2C(=O)NCc2ccco2)cc1F. The number of carbonyl (C=O) groups is 2. The maximum absolute atomic E-state index is 13.8. The number of hydrogen-bond donors (Lipinski definition) is 2. The van der Waals surface area contributed by atoms with Crippen LogP contribution in [0, 0.1) is 5.82 Å². The fraction of sp³-hybridized carbons (Fsp3) is 0.143. The van der Waals surface area contributed by atoms with Crippen LogP contribution >= 0.6 is 0 Å². The number of halogens is 1. The molecule has 3 aromatic rings. The van der Waals surface area contributed by atoms with Gasteiger partial charge in [0.2, 0.25) is 5.91 Å². The van der Waals surface area contributed by atoms with Crippen molar-refractivity contribution in [1.82, 2.24) is 5.32 Å². The monoisotopic (exact) mass is 382 g/mol. The van der Waals surface area contributed by atoms with Gasteiger partial charge in [-0.3, -0.25) is 9.59 Å². The van der Waals surface area contributed by atoms with Crippen molar-refractivity contribution < 1.29 is 23.1 Å². The number of para-hydroxylation sites is 1. The van der Waals surface area contributed by atoms with Crippen LogP contribution in [-0.4, -0.2) is 18.9 Å². The zero-order valence-electron chi connectivity index (χ0n) is 15.2. The minimum atomic E-state index is -0.537. The van der Waals surface area contributed by atoms with Crippen molar-refractivity contribution in [3.8, 4) is 5.75 Å². The van der Waals surface area contributed by atoms with Gasteiger partial charge < -0.3 is 19.8 Å². The van der Waals surface area contributed by atoms with Crippen molar-refractivity contribution in [2.45, 2.75) is 13.0 Å². The van der Waals surface area contributed by atoms with Crippen LogP contribution in [0.1, 0.15) is 21.7 Å². The van der Waals surface area contributed by atoms with Crippen LogP contribution in [0.5, 0.6) is 5.75 Å². The van der Waals surface area contributed by atoms with Gasteiger partial charge in [0.05, 0.1) is 37.6 Å². The van der Waals surface area contributed by atoms with Gasteiger partial charge >= 0.3 is 0 Å². The summed E-state index contributed by atoms with van der Waals surface area (Å²) in [5, 5.41) is 5.44. The molecule has 2 N–H and O–H groups in total. The van der Waals surface area contributed by atoms with Crippen molar-refractivity contribution in [2.24, 2.45) is 0 Å². The maximum Gasteiger partial charge on any atom is 0.253 e. The van der Waals surface area contributed by atoms with Crippen LogP contribution in [0.2, 0.25) is 0 Å². The number of amides is 2. The predicted molar refractivity (Wildman–Crippen MR) is 102 cm³/mol. The molecule has 0 saturated heterocycles. The second-order valence-electron chi connectivity index (χ2n) is 6.00. The number of methoxy groups -OCH3 is 1. The highest BCUT2D eigenvalue weighted by Gasteiger charge is 2.14. The molecule has 6 nitrogen and oxygen atoms in total. The molecule has 0 aliphatic carbocycles. The Balaban J connectivity index is 1.66. The van der Waals surface area contributed by atoms with E-state index >= 15 is 0 Å². The minimum absolute atomic E-state index is 0.0384. The summed E-state index contributed by atoms with van der Waals surface area (Å²) < 4.78 is 23.8. The summed E-state index contributed by atoms with van der Waals surface area (Å²) >= 11 is 0. The Morgan fingerprint density at radius 1 is 1.11 bits per heavy atom. The molecular weight excluding hydrogens is 363 g/mol. The van der Waals surface area contributed by atoms with Crippen LogP contribution in [0.4, 0.5) is 10.1 Å². The molecular formula is C21H19FN2O4. The van der Waals surface area contributed by atoms with Gasteiger partial charge in [-0.15, -0.1) is 0 Å². The number of nitrogens with one attached hydrogen (secondary N) is 2. The number of ether oxygens (including phenoxy) is 1. The fourth-order valence-corrected chi connectivity index (χ4v) is 2.67. The van der Waals surface area contributed by atoms with Crippen LogP contribution in [0.3, 0.4) is 0 Å². The van der Waals surface area contributed by atoms with E-state index in [0.29, 0.717) is 22.6 Å². The highest BCUT2D eigenvalue weighted by atomic mass is 19.1. The molecule has 0 spiro atoms. The quantitative estimate of drug-likeness (QED) is 0.655. The van der Waals surface area contributed by atoms with Crippen molar-refractivity contribution in [3.63, 3.8) is 0 Å². The molecule has 0 saturated carbocycles. The maximum atomic E-state index is 13.8. The molecule has 0 aliphatic heterocycles. The molecule has 28 heavy (non-hydrogen) atoms. The summed E-state index contributed by atoms with van der Waals surface area (Å²) in [6.07, 6.45) is 1.49. The summed E-state index contributed by atoms with van der Waals surface area (Å²) in [4.78, 5) is 24.8. The van der Waals surface area contributed by atoms with Crippen LogP contribution < -0.4 is 15.4 Å². The second kappa shape index (κ2) is 8.85. The number of furan rings is 1. The summed E-state index contributed by atoms with van der Waals surface area (Å²) in [6.45, 7) is 0.235. The van der Waals surface area contributed by atoms with E-state index in [1.807, 2.05) is 0 Å². The van der Waals surface area contributed by atoms with Crippen molar-refractivity contribution in [2.75, 3.05) is 12.4 Å². The van der Waals surface area contributed by atoms with Crippen LogP contribution in [0.15, 0.2) is 65.3 Å². The molecule has 0 radical (unpaired) electrons. The standard InChI is InChI=1S/C21H19FN2O4/c1-27-19-9-8-14(11-17(19)22)12-20(25)24-18-7-3-2-6-16(18)21(26)23-13-15-5-4-10-28-15/h2-11H,12-13H2,1H3,(H,23,26)(H,24,25). The molecule has 0 unspecified atom stereocenters. The van der Waals surface area contributed by atoms with Gasteiger partial charge in [-0.05, 0) is 42.0 Å². The molecule has 0 bridgehead atoms. The lowest BCUT2D eigenvalue weighted by molar-refractivity contribution is -0.115. The lowest BCUT2D eigenvalue weighted by Gasteiger charge is -2.11. The Morgan fingerprint density at radius 3 is 2.64 bits per heavy atom. The average Bonchev–Trinajstić information content (AvgIpc) is 3.20. The van der Waals surface area contributed by atoms with Crippen molar-refractivity contribution in [1.29, 1.82) is 0 Å². The molecule has 1 heterocycles. The summed E-state index contributed by atoms with van der Waals surface area (Å²) in [5.74, 6) is -0.511. The van der Waals surface area contributed by atoms with E-state index in [4.69, 9.17) is 9.15 Å². The van der Waals surface area contributed by atoms with Gasteiger partial charge in [0.1, 0.15) is 5.76 Å². The van der Waals surface area contributed by atoms with Crippen molar-refractivity contribution >= 4 is 17.5 Å². The molecule has 0 atom stereocenters. The molecule has 7 heteroatoms. The molecule has 1 aromatic heterocycles. The van der Waals surface area contributed by atoms with E-state index in [-0.39, 0.29) is 30.5 Å². The first-order valence-electron chi connectivity index (χ1n) is 8.58. The third-order valence-corrected chi connectivity index (χ3v) is 4.03. The first kappa shape index (κ1) is 19.2. The summed E-state index contributed by atoms with van der Waals surface area (Å²) in [5.41, 5.74) is 1.19. The van der Waals surface area contributed by atoms with Gasteiger partial charge in [-0.1, -0.05) is 18.2 Å². The topological polar surface area (TPSA) is 80.6 Å². The van der Waals surface area contributed by atoms with E-state index in [1.54, 1.807) is 42.5 Å². The normalized spacial score (nSPS) is 10.4. The van der Waals surface area contributed by atoms with Crippen LogP contribution in [0.25, 0.3) is 0 Å². The lowest BCUT2D eigenvalue weighted by atomic mass is 10.1. The van der Waals surface area contributed by atoms with Crippen LogP contribution in [-0.2, 0) is 17.8 Å². The molecule has 144 valence electrons. The van der Waals surface area contributed by atoms with Gasteiger partial charge in [-0.25, -0.2) is 4.39 Å². The van der Waals surface area contributed by atoms with Gasteiger partial charge in [-0.2, -0.15) is 0 Å². The summed E-state index contributed by atoms with van der Waals surface area (Å²) in [6, 6.07) is 14.5. The van der Waals surface area contributed by atoms with Gasteiger partial charge in [0.15, 0.2) is 11.6 Å². The average molecular weight is 382 g/mol. The molecule has 2 amide bonds. The number of carbonyl (C=O) groups excluding carboxylic acids is 2. The minimum Gasteiger partial charge on any atom is -0.494 e. The Bertz CT molecular complexity index is 970. The largest absolute Gasteiger partial charge is 0.494 e. The first-order chi connectivity index (χ1) is 13.6. The Morgan fingerprint density at radius 2 is 1.93 bits per heavy atom. The zero-order valence-corrected chi connectivity index (χ0v) is 15.2. The molecule has 0 aliphatic rings. The van der Waals surface area contributed by atoms with E-state index in [2.05, 4.69) is 10.6 Å². The number of anilines is 1. The Hall–Kier alpha value is -3.61. The third kappa shape index (κ3) is 4.76. The number of hydrogen-bond acceptors (Lipinski definition) is 4. The number of rotatable bonds is 7.